The van der Waals surface area contributed by atoms with Crippen LogP contribution < -0.4 is 5.43 Å². The number of halogens is 4. The van der Waals surface area contributed by atoms with Crippen LogP contribution >= 0.6 is 11.6 Å². The summed E-state index contributed by atoms with van der Waals surface area (Å²) in [7, 11) is 0. The highest BCUT2D eigenvalue weighted by molar-refractivity contribution is 6.56. The maximum atomic E-state index is 13.1. The summed E-state index contributed by atoms with van der Waals surface area (Å²) in [6, 6.07) is 17.8. The lowest BCUT2D eigenvalue weighted by molar-refractivity contribution is -0.392. The quantitative estimate of drug-likeness (QED) is 0.171. The van der Waals surface area contributed by atoms with Crippen molar-refractivity contribution in [2.75, 3.05) is 5.43 Å². The van der Waals surface area contributed by atoms with Gasteiger partial charge in [0.25, 0.3) is 0 Å². The van der Waals surface area contributed by atoms with Crippen molar-refractivity contribution in [1.29, 1.82) is 0 Å². The van der Waals surface area contributed by atoms with Crippen LogP contribution in [-0.2, 0) is 6.18 Å². The van der Waals surface area contributed by atoms with Gasteiger partial charge in [0, 0.05) is 17.7 Å². The SMILES string of the molecule is O=[N+]([O-])c1cc(C(F)(F)F)cc([N+](=O)[O-])c1N/N=C/C(=C(\Cl)c1ccccc1)c1ccccc1. The molecule has 0 spiro atoms. The highest BCUT2D eigenvalue weighted by Gasteiger charge is 2.37. The zero-order valence-corrected chi connectivity index (χ0v) is 17.7. The fourth-order valence-electron chi connectivity index (χ4n) is 2.96. The molecule has 0 aromatic heterocycles. The Morgan fingerprint density at radius 3 is 1.79 bits per heavy atom. The van der Waals surface area contributed by atoms with E-state index in [9.17, 15) is 33.4 Å². The molecule has 0 bridgehead atoms. The van der Waals surface area contributed by atoms with E-state index in [0.29, 0.717) is 16.7 Å². The highest BCUT2D eigenvalue weighted by atomic mass is 35.5. The molecule has 3 aromatic carbocycles. The minimum atomic E-state index is -5.02. The zero-order chi connectivity index (χ0) is 24.9. The Kier molecular flexibility index (Phi) is 7.27. The topological polar surface area (TPSA) is 111 Å². The molecule has 0 saturated heterocycles. The lowest BCUT2D eigenvalue weighted by Crippen LogP contribution is -2.09. The van der Waals surface area contributed by atoms with Gasteiger partial charge in [0.2, 0.25) is 5.69 Å². The van der Waals surface area contributed by atoms with E-state index in [1.54, 1.807) is 60.7 Å². The van der Waals surface area contributed by atoms with Crippen molar-refractivity contribution in [2.24, 2.45) is 5.10 Å². The second kappa shape index (κ2) is 10.1. The summed E-state index contributed by atoms with van der Waals surface area (Å²) < 4.78 is 39.3. The van der Waals surface area contributed by atoms with Crippen molar-refractivity contribution >= 4 is 45.5 Å². The van der Waals surface area contributed by atoms with Crippen molar-refractivity contribution in [1.82, 2.24) is 0 Å². The van der Waals surface area contributed by atoms with E-state index < -0.39 is 38.6 Å². The maximum Gasteiger partial charge on any atom is 0.416 e. The Labute approximate surface area is 195 Å². The summed E-state index contributed by atoms with van der Waals surface area (Å²) in [6.45, 7) is 0. The average molecular weight is 491 g/mol. The molecule has 0 atom stereocenters. The Morgan fingerprint density at radius 1 is 0.882 bits per heavy atom. The van der Waals surface area contributed by atoms with Gasteiger partial charge in [-0.1, -0.05) is 72.3 Å². The Hall–Kier alpha value is -4.25. The number of nitro groups is 2. The summed E-state index contributed by atoms with van der Waals surface area (Å²) in [5.74, 6) is 0. The summed E-state index contributed by atoms with van der Waals surface area (Å²) in [4.78, 5) is 20.4. The largest absolute Gasteiger partial charge is 0.416 e. The van der Waals surface area contributed by atoms with Crippen LogP contribution in [0.5, 0.6) is 0 Å². The number of hydrazone groups is 1. The van der Waals surface area contributed by atoms with Gasteiger partial charge in [-0.15, -0.1) is 0 Å². The lowest BCUT2D eigenvalue weighted by Gasteiger charge is -2.10. The molecule has 3 aromatic rings. The zero-order valence-electron chi connectivity index (χ0n) is 17.0. The molecule has 0 aliphatic carbocycles. The molecule has 34 heavy (non-hydrogen) atoms. The van der Waals surface area contributed by atoms with Gasteiger partial charge >= 0.3 is 17.6 Å². The smallest absolute Gasteiger partial charge is 0.266 e. The summed E-state index contributed by atoms with van der Waals surface area (Å²) in [6.07, 6.45) is -3.85. The number of alkyl halides is 3. The molecular weight excluding hydrogens is 477 g/mol. The van der Waals surface area contributed by atoms with Crippen LogP contribution in [0.25, 0.3) is 10.6 Å². The summed E-state index contributed by atoms with van der Waals surface area (Å²) in [5.41, 5.74) is -0.892. The molecular formula is C22H14ClF3N4O4. The van der Waals surface area contributed by atoms with E-state index in [1.807, 2.05) is 0 Å². The minimum Gasteiger partial charge on any atom is -0.266 e. The Balaban J connectivity index is 2.10. The average Bonchev–Trinajstić information content (AvgIpc) is 2.81. The van der Waals surface area contributed by atoms with Gasteiger partial charge < -0.3 is 0 Å². The molecule has 0 amide bonds. The number of benzene rings is 3. The monoisotopic (exact) mass is 490 g/mol. The third-order valence-corrected chi connectivity index (χ3v) is 4.96. The van der Waals surface area contributed by atoms with Gasteiger partial charge in [0.15, 0.2) is 0 Å². The van der Waals surface area contributed by atoms with Gasteiger partial charge in [-0.25, -0.2) is 0 Å². The number of nitro benzene ring substituents is 2. The number of rotatable bonds is 7. The van der Waals surface area contributed by atoms with Crippen LogP contribution in [0.15, 0.2) is 77.9 Å². The molecule has 1 N–H and O–H groups in total. The van der Waals surface area contributed by atoms with Crippen molar-refractivity contribution < 1.29 is 23.0 Å². The van der Waals surface area contributed by atoms with Crippen LogP contribution in [0.1, 0.15) is 16.7 Å². The molecule has 0 aliphatic heterocycles. The van der Waals surface area contributed by atoms with Crippen molar-refractivity contribution in [3.63, 3.8) is 0 Å². The second-order valence-electron chi connectivity index (χ2n) is 6.73. The molecule has 0 aliphatic rings. The fraction of sp³-hybridized carbons (Fsp3) is 0.0455. The molecule has 8 nitrogen and oxygen atoms in total. The maximum absolute atomic E-state index is 13.1. The first kappa shape index (κ1) is 24.4. The van der Waals surface area contributed by atoms with E-state index in [4.69, 9.17) is 11.6 Å². The molecule has 0 unspecified atom stereocenters. The fourth-order valence-corrected chi connectivity index (χ4v) is 3.24. The molecule has 0 heterocycles. The number of allylic oxidation sites excluding steroid dienone is 1. The van der Waals surface area contributed by atoms with E-state index in [1.165, 1.54) is 6.21 Å². The number of anilines is 1. The van der Waals surface area contributed by atoms with Gasteiger partial charge in [-0.2, -0.15) is 18.3 Å². The van der Waals surface area contributed by atoms with Gasteiger partial charge in [-0.05, 0) is 11.1 Å². The third kappa shape index (κ3) is 5.56. The van der Waals surface area contributed by atoms with E-state index in [-0.39, 0.29) is 17.2 Å². The van der Waals surface area contributed by atoms with Crippen LogP contribution in [0, 0.1) is 20.2 Å². The third-order valence-electron chi connectivity index (χ3n) is 4.54. The predicted octanol–water partition coefficient (Wildman–Crippen LogP) is 6.73. The van der Waals surface area contributed by atoms with Crippen LogP contribution in [-0.4, -0.2) is 16.1 Å². The minimum absolute atomic E-state index is 0.204. The Morgan fingerprint density at radius 2 is 1.35 bits per heavy atom. The van der Waals surface area contributed by atoms with Gasteiger partial charge in [-0.3, -0.25) is 25.7 Å². The van der Waals surface area contributed by atoms with Crippen LogP contribution in [0.3, 0.4) is 0 Å². The molecule has 174 valence electrons. The standard InChI is InChI=1S/C22H14ClF3N4O4/c23-20(15-9-5-2-6-10-15)17(14-7-3-1-4-8-14)13-27-28-21-18(29(31)32)11-16(22(24,25)26)12-19(21)30(33)34/h1-13,28H/b20-17+,27-13+. The number of hydrogen-bond donors (Lipinski definition) is 1. The van der Waals surface area contributed by atoms with E-state index in [0.717, 1.165) is 0 Å². The highest BCUT2D eigenvalue weighted by Crippen LogP contribution is 2.41. The molecule has 3 rings (SSSR count). The summed E-state index contributed by atoms with van der Waals surface area (Å²) in [5, 5.41) is 26.9. The first-order valence-electron chi connectivity index (χ1n) is 9.43. The second-order valence-corrected chi connectivity index (χ2v) is 7.11. The van der Waals surface area contributed by atoms with E-state index in [2.05, 4.69) is 10.5 Å². The number of hydrogen-bond acceptors (Lipinski definition) is 6. The summed E-state index contributed by atoms with van der Waals surface area (Å²) >= 11 is 6.54. The van der Waals surface area contributed by atoms with Crippen LogP contribution in [0.2, 0.25) is 0 Å². The normalized spacial score (nSPS) is 12.4. The van der Waals surface area contributed by atoms with Crippen molar-refractivity contribution in [3.05, 3.63) is 110 Å². The Bertz CT molecular complexity index is 1250. The molecule has 0 fully saturated rings. The first-order valence-corrected chi connectivity index (χ1v) is 9.81. The number of nitrogens with one attached hydrogen (secondary N) is 1. The predicted molar refractivity (Wildman–Crippen MR) is 122 cm³/mol. The van der Waals surface area contributed by atoms with Crippen molar-refractivity contribution in [2.45, 2.75) is 6.18 Å². The van der Waals surface area contributed by atoms with Crippen LogP contribution in [0.4, 0.5) is 30.2 Å². The first-order chi connectivity index (χ1) is 16.1. The van der Waals surface area contributed by atoms with E-state index >= 15 is 0 Å². The van der Waals surface area contributed by atoms with Gasteiger partial charge in [0.05, 0.1) is 26.7 Å². The lowest BCUT2D eigenvalue weighted by atomic mass is 10.0. The molecule has 12 heteroatoms. The van der Waals surface area contributed by atoms with Crippen molar-refractivity contribution in [3.8, 4) is 0 Å². The van der Waals surface area contributed by atoms with Gasteiger partial charge in [0.1, 0.15) is 0 Å². The molecule has 0 radical (unpaired) electrons. The number of nitrogens with zero attached hydrogens (tertiary/aromatic N) is 3. The molecule has 0 saturated carbocycles.